The number of thioether (sulfide) groups is 1. The Morgan fingerprint density at radius 2 is 2.33 bits per heavy atom. The van der Waals surface area contributed by atoms with Crippen LogP contribution in [0.15, 0.2) is 34.6 Å². The summed E-state index contributed by atoms with van der Waals surface area (Å²) >= 11 is 4.93. The molecule has 0 saturated heterocycles. The van der Waals surface area contributed by atoms with Gasteiger partial charge in [0.2, 0.25) is 0 Å². The Kier molecular flexibility index (Phi) is 4.81. The molecular formula is C12H11N3S3. The Hall–Kier alpha value is -1.29. The summed E-state index contributed by atoms with van der Waals surface area (Å²) in [5, 5.41) is 13.8. The molecule has 0 aliphatic carbocycles. The Bertz CT molecular complexity index is 564. The van der Waals surface area contributed by atoms with E-state index in [2.05, 4.69) is 40.0 Å². The van der Waals surface area contributed by atoms with Crippen molar-refractivity contribution in [2.75, 3.05) is 6.26 Å². The minimum Gasteiger partial charge on any atom is -0.272 e. The summed E-state index contributed by atoms with van der Waals surface area (Å²) in [5.74, 6) is 0. The number of rotatable bonds is 3. The molecule has 6 heteroatoms. The van der Waals surface area contributed by atoms with E-state index in [0.29, 0.717) is 11.7 Å². The molecule has 1 N–H and O–H groups in total. The average molecular weight is 293 g/mol. The van der Waals surface area contributed by atoms with Crippen molar-refractivity contribution < 1.29 is 0 Å². The molecule has 0 spiro atoms. The second-order valence-corrected chi connectivity index (χ2v) is 6.22. The quantitative estimate of drug-likeness (QED) is 0.405. The van der Waals surface area contributed by atoms with Gasteiger partial charge in [-0.15, -0.1) is 22.7 Å². The lowest BCUT2D eigenvalue weighted by atomic mass is 10.4. The van der Waals surface area contributed by atoms with Crippen LogP contribution in [0.1, 0.15) is 4.88 Å². The third kappa shape index (κ3) is 3.35. The van der Waals surface area contributed by atoms with E-state index in [4.69, 9.17) is 5.26 Å². The second-order valence-electron chi connectivity index (χ2n) is 3.31. The van der Waals surface area contributed by atoms with Crippen molar-refractivity contribution in [1.82, 2.24) is 5.32 Å². The molecule has 2 aromatic heterocycles. The SMILES string of the molecule is CSC(=NCc1ccc(-c2cccs2)s1)NC#N. The molecule has 0 aliphatic rings. The van der Waals surface area contributed by atoms with Crippen molar-refractivity contribution in [2.24, 2.45) is 4.99 Å². The molecule has 0 atom stereocenters. The second kappa shape index (κ2) is 6.59. The van der Waals surface area contributed by atoms with Crippen molar-refractivity contribution in [3.8, 4) is 15.9 Å². The van der Waals surface area contributed by atoms with E-state index in [9.17, 15) is 0 Å². The van der Waals surface area contributed by atoms with E-state index in [1.54, 1.807) is 22.7 Å². The van der Waals surface area contributed by atoms with Crippen LogP contribution in [0.25, 0.3) is 9.75 Å². The van der Waals surface area contributed by atoms with Crippen LogP contribution in [-0.4, -0.2) is 11.4 Å². The number of nitrogens with zero attached hydrogens (tertiary/aromatic N) is 2. The standard InChI is InChI=1S/C12H11N3S3/c1-16-12(15-8-13)14-7-9-4-5-11(18-9)10-3-2-6-17-10/h2-6H,7H2,1H3,(H,14,15). The third-order valence-electron chi connectivity index (χ3n) is 2.16. The van der Waals surface area contributed by atoms with Gasteiger partial charge in [-0.3, -0.25) is 10.3 Å². The number of thiophene rings is 2. The van der Waals surface area contributed by atoms with E-state index < -0.39 is 0 Å². The lowest BCUT2D eigenvalue weighted by Crippen LogP contribution is -2.13. The van der Waals surface area contributed by atoms with Gasteiger partial charge in [-0.2, -0.15) is 5.26 Å². The number of nitrogens with one attached hydrogen (secondary N) is 1. The fourth-order valence-corrected chi connectivity index (χ4v) is 3.47. The normalized spacial score (nSPS) is 11.2. The van der Waals surface area contributed by atoms with Crippen LogP contribution in [0.2, 0.25) is 0 Å². The van der Waals surface area contributed by atoms with Gasteiger partial charge in [0, 0.05) is 14.6 Å². The Balaban J connectivity index is 2.05. The molecule has 2 aromatic rings. The molecule has 0 bridgehead atoms. The summed E-state index contributed by atoms with van der Waals surface area (Å²) in [6, 6.07) is 8.39. The molecular weight excluding hydrogens is 282 g/mol. The summed E-state index contributed by atoms with van der Waals surface area (Å²) in [6.45, 7) is 0.612. The lowest BCUT2D eigenvalue weighted by molar-refractivity contribution is 1.09. The molecule has 92 valence electrons. The van der Waals surface area contributed by atoms with Gasteiger partial charge in [0.15, 0.2) is 11.4 Å². The Morgan fingerprint density at radius 3 is 3.00 bits per heavy atom. The van der Waals surface area contributed by atoms with Gasteiger partial charge in [0.1, 0.15) is 0 Å². The topological polar surface area (TPSA) is 48.2 Å². The maximum Gasteiger partial charge on any atom is 0.183 e. The predicted molar refractivity (Wildman–Crippen MR) is 81.0 cm³/mol. The van der Waals surface area contributed by atoms with Crippen LogP contribution in [0.3, 0.4) is 0 Å². The summed E-state index contributed by atoms with van der Waals surface area (Å²) in [6.07, 6.45) is 3.78. The van der Waals surface area contributed by atoms with Gasteiger partial charge in [-0.25, -0.2) is 0 Å². The van der Waals surface area contributed by atoms with E-state index >= 15 is 0 Å². The van der Waals surface area contributed by atoms with Gasteiger partial charge >= 0.3 is 0 Å². The van der Waals surface area contributed by atoms with Crippen LogP contribution in [-0.2, 0) is 6.54 Å². The summed E-state index contributed by atoms with van der Waals surface area (Å²) < 4.78 is 0. The van der Waals surface area contributed by atoms with Crippen LogP contribution >= 0.6 is 34.4 Å². The zero-order valence-corrected chi connectivity index (χ0v) is 12.2. The van der Waals surface area contributed by atoms with E-state index in [1.165, 1.54) is 26.4 Å². The molecule has 0 aromatic carbocycles. The smallest absolute Gasteiger partial charge is 0.183 e. The van der Waals surface area contributed by atoms with E-state index in [1.807, 2.05) is 12.4 Å². The minimum atomic E-state index is 0.612. The number of aliphatic imine (C=N–C) groups is 1. The predicted octanol–water partition coefficient (Wildman–Crippen LogP) is 3.77. The summed E-state index contributed by atoms with van der Waals surface area (Å²) in [5.41, 5.74) is 0. The zero-order chi connectivity index (χ0) is 12.8. The van der Waals surface area contributed by atoms with Crippen LogP contribution in [0.5, 0.6) is 0 Å². The van der Waals surface area contributed by atoms with Crippen LogP contribution in [0.4, 0.5) is 0 Å². The molecule has 0 saturated carbocycles. The third-order valence-corrected chi connectivity index (χ3v) is 4.91. The fourth-order valence-electron chi connectivity index (χ4n) is 1.37. The number of nitriles is 1. The van der Waals surface area contributed by atoms with Crippen LogP contribution < -0.4 is 5.32 Å². The first-order valence-corrected chi connectivity index (χ1v) is 8.11. The molecule has 0 radical (unpaired) electrons. The largest absolute Gasteiger partial charge is 0.272 e. The highest BCUT2D eigenvalue weighted by Gasteiger charge is 2.03. The van der Waals surface area contributed by atoms with Crippen molar-refractivity contribution >= 4 is 39.6 Å². The van der Waals surface area contributed by atoms with E-state index in [-0.39, 0.29) is 0 Å². The fraction of sp³-hybridized carbons (Fsp3) is 0.167. The molecule has 18 heavy (non-hydrogen) atoms. The molecule has 0 unspecified atom stereocenters. The van der Waals surface area contributed by atoms with Gasteiger partial charge in [-0.1, -0.05) is 17.8 Å². The van der Waals surface area contributed by atoms with Crippen molar-refractivity contribution in [3.05, 3.63) is 34.5 Å². The Labute approximate surface area is 118 Å². The monoisotopic (exact) mass is 293 g/mol. The molecule has 0 amide bonds. The van der Waals surface area contributed by atoms with Crippen molar-refractivity contribution in [3.63, 3.8) is 0 Å². The summed E-state index contributed by atoms with van der Waals surface area (Å²) in [7, 11) is 0. The highest BCUT2D eigenvalue weighted by atomic mass is 32.2. The number of hydrogen-bond acceptors (Lipinski definition) is 5. The first kappa shape index (κ1) is 13.1. The maximum atomic E-state index is 8.54. The molecule has 2 rings (SSSR count). The van der Waals surface area contributed by atoms with E-state index in [0.717, 1.165) is 0 Å². The highest BCUT2D eigenvalue weighted by Crippen LogP contribution is 2.31. The average Bonchev–Trinajstić information content (AvgIpc) is 3.04. The van der Waals surface area contributed by atoms with Gasteiger partial charge in [0.25, 0.3) is 0 Å². The zero-order valence-electron chi connectivity index (χ0n) is 9.71. The minimum absolute atomic E-state index is 0.612. The van der Waals surface area contributed by atoms with Crippen LogP contribution in [0, 0.1) is 11.5 Å². The van der Waals surface area contributed by atoms with Crippen molar-refractivity contribution in [2.45, 2.75) is 6.54 Å². The molecule has 0 aliphatic heterocycles. The highest BCUT2D eigenvalue weighted by molar-refractivity contribution is 8.13. The summed E-state index contributed by atoms with van der Waals surface area (Å²) in [4.78, 5) is 8.12. The van der Waals surface area contributed by atoms with Crippen molar-refractivity contribution in [1.29, 1.82) is 5.26 Å². The first-order valence-electron chi connectivity index (χ1n) is 5.19. The number of amidine groups is 1. The van der Waals surface area contributed by atoms with Gasteiger partial charge in [0.05, 0.1) is 6.54 Å². The molecule has 0 fully saturated rings. The molecule has 3 nitrogen and oxygen atoms in total. The molecule has 2 heterocycles. The van der Waals surface area contributed by atoms with Gasteiger partial charge in [-0.05, 0) is 29.8 Å². The maximum absolute atomic E-state index is 8.54. The Morgan fingerprint density at radius 1 is 1.44 bits per heavy atom. The lowest BCUT2D eigenvalue weighted by Gasteiger charge is -1.97. The van der Waals surface area contributed by atoms with Gasteiger partial charge < -0.3 is 0 Å². The number of hydrogen-bond donors (Lipinski definition) is 1. The first-order chi connectivity index (χ1) is 8.83.